The fourth-order valence-electron chi connectivity index (χ4n) is 5.34. The molecule has 6 nitrogen and oxygen atoms in total. The molecule has 206 valence electrons. The normalized spacial score (nSPS) is 20.9. The minimum atomic E-state index is -4.61. The maximum absolute atomic E-state index is 14.1. The molecule has 2 aromatic heterocycles. The van der Waals surface area contributed by atoms with Crippen molar-refractivity contribution in [2.75, 3.05) is 10.6 Å². The SMILES string of the molecule is CC(C)(C)[C@@H]1CCc2c(sc(NC(=O)c3nn4c(c3Cl)N[C@@H](c3ccc(Br)cc3)C[C@H]4C(F)(F)F)c2C#N)C1. The van der Waals surface area contributed by atoms with Crippen LogP contribution in [0.1, 0.15) is 77.8 Å². The van der Waals surface area contributed by atoms with Crippen LogP contribution >= 0.6 is 38.9 Å². The van der Waals surface area contributed by atoms with Gasteiger partial charge in [-0.2, -0.15) is 23.5 Å². The molecule has 0 fully saturated rings. The van der Waals surface area contributed by atoms with Gasteiger partial charge in [0.2, 0.25) is 0 Å². The molecule has 1 aliphatic heterocycles. The van der Waals surface area contributed by atoms with Crippen molar-refractivity contribution in [3.8, 4) is 6.07 Å². The average molecular weight is 641 g/mol. The summed E-state index contributed by atoms with van der Waals surface area (Å²) in [4.78, 5) is 14.4. The second-order valence-electron chi connectivity index (χ2n) is 11.1. The number of hydrogen-bond donors (Lipinski definition) is 2. The Hall–Kier alpha value is -2.55. The smallest absolute Gasteiger partial charge is 0.362 e. The lowest BCUT2D eigenvalue weighted by molar-refractivity contribution is -0.173. The van der Waals surface area contributed by atoms with Gasteiger partial charge in [0, 0.05) is 15.8 Å². The van der Waals surface area contributed by atoms with E-state index in [4.69, 9.17) is 11.6 Å². The fraction of sp³-hybridized carbons (Fsp3) is 0.444. The summed E-state index contributed by atoms with van der Waals surface area (Å²) in [6.07, 6.45) is -2.44. The van der Waals surface area contributed by atoms with Crippen molar-refractivity contribution in [2.45, 2.75) is 64.7 Å². The molecule has 0 saturated carbocycles. The third-order valence-corrected chi connectivity index (χ3v) is 9.67. The van der Waals surface area contributed by atoms with E-state index in [1.54, 1.807) is 24.3 Å². The summed E-state index contributed by atoms with van der Waals surface area (Å²) in [6.45, 7) is 6.57. The first-order valence-electron chi connectivity index (χ1n) is 12.5. The molecule has 5 rings (SSSR count). The van der Waals surface area contributed by atoms with Crippen LogP contribution in [0.25, 0.3) is 0 Å². The molecule has 0 bridgehead atoms. The molecule has 2 aliphatic rings. The van der Waals surface area contributed by atoms with Crippen molar-refractivity contribution in [1.82, 2.24) is 9.78 Å². The molecule has 39 heavy (non-hydrogen) atoms. The van der Waals surface area contributed by atoms with Crippen LogP contribution in [0.5, 0.6) is 0 Å². The van der Waals surface area contributed by atoms with Crippen LogP contribution in [-0.4, -0.2) is 21.9 Å². The van der Waals surface area contributed by atoms with E-state index < -0.39 is 24.2 Å². The number of carbonyl (C=O) groups is 1. The minimum Gasteiger partial charge on any atom is -0.362 e. The lowest BCUT2D eigenvalue weighted by Gasteiger charge is -2.33. The molecule has 0 unspecified atom stereocenters. The summed E-state index contributed by atoms with van der Waals surface area (Å²) in [5, 5.41) is 19.8. The van der Waals surface area contributed by atoms with Gasteiger partial charge >= 0.3 is 6.18 Å². The number of thiophene rings is 1. The van der Waals surface area contributed by atoms with Crippen LogP contribution in [0, 0.1) is 22.7 Å². The number of fused-ring (bicyclic) bond motifs is 2. The quantitative estimate of drug-likeness (QED) is 0.302. The molecule has 0 saturated heterocycles. The van der Waals surface area contributed by atoms with Crippen molar-refractivity contribution in [2.24, 2.45) is 11.3 Å². The highest BCUT2D eigenvalue weighted by atomic mass is 79.9. The standard InChI is InChI=1S/C27H26BrClF3N5OS/c1-26(2,3)14-6-9-16-17(12-33)25(39-19(16)10-14)35-24(38)22-21(29)23-34-18(13-4-7-15(28)8-5-13)11-20(27(30,31)32)37(23)36-22/h4-5,7-8,14,18,20,34H,6,9-11H2,1-3H3,(H,35,38)/t14-,18-,20+/m1/s1. The summed E-state index contributed by atoms with van der Waals surface area (Å²) >= 11 is 11.2. The van der Waals surface area contributed by atoms with E-state index in [0.29, 0.717) is 22.0 Å². The van der Waals surface area contributed by atoms with Gasteiger partial charge in [0.25, 0.3) is 5.91 Å². The topological polar surface area (TPSA) is 82.7 Å². The van der Waals surface area contributed by atoms with Crippen molar-refractivity contribution in [3.05, 3.63) is 61.0 Å². The Morgan fingerprint density at radius 1 is 1.28 bits per heavy atom. The lowest BCUT2D eigenvalue weighted by Crippen LogP contribution is -2.35. The molecular formula is C27H26BrClF3N5OS. The number of aromatic nitrogens is 2. The third kappa shape index (κ3) is 5.31. The lowest BCUT2D eigenvalue weighted by atomic mass is 9.72. The highest BCUT2D eigenvalue weighted by Gasteiger charge is 2.48. The van der Waals surface area contributed by atoms with Gasteiger partial charge in [-0.05, 0) is 53.9 Å². The van der Waals surface area contributed by atoms with Gasteiger partial charge in [0.05, 0.1) is 11.6 Å². The Morgan fingerprint density at radius 3 is 2.59 bits per heavy atom. The summed E-state index contributed by atoms with van der Waals surface area (Å²) in [5.41, 5.74) is 1.77. The van der Waals surface area contributed by atoms with Crippen LogP contribution in [-0.2, 0) is 12.8 Å². The molecule has 3 aromatic rings. The average Bonchev–Trinajstić information content (AvgIpc) is 3.39. The van der Waals surface area contributed by atoms with Gasteiger partial charge in [-0.15, -0.1) is 11.3 Å². The van der Waals surface area contributed by atoms with Crippen LogP contribution in [0.4, 0.5) is 24.0 Å². The van der Waals surface area contributed by atoms with Crippen molar-refractivity contribution in [3.63, 3.8) is 0 Å². The molecular weight excluding hydrogens is 615 g/mol. The fourth-order valence-corrected chi connectivity index (χ4v) is 7.14. The molecule has 1 amide bonds. The van der Waals surface area contributed by atoms with Gasteiger partial charge < -0.3 is 10.6 Å². The summed E-state index contributed by atoms with van der Waals surface area (Å²) in [5.74, 6) is -0.383. The number of amides is 1. The number of carbonyl (C=O) groups excluding carboxylic acids is 1. The molecule has 1 aromatic carbocycles. The zero-order valence-corrected chi connectivity index (χ0v) is 24.6. The van der Waals surface area contributed by atoms with E-state index in [2.05, 4.69) is 58.5 Å². The zero-order chi connectivity index (χ0) is 28.3. The Labute approximate surface area is 241 Å². The number of benzene rings is 1. The molecule has 3 atom stereocenters. The van der Waals surface area contributed by atoms with E-state index in [-0.39, 0.29) is 28.4 Å². The Morgan fingerprint density at radius 2 is 1.97 bits per heavy atom. The van der Waals surface area contributed by atoms with E-state index in [1.165, 1.54) is 11.3 Å². The Balaban J connectivity index is 1.46. The monoisotopic (exact) mass is 639 g/mol. The molecule has 0 spiro atoms. The van der Waals surface area contributed by atoms with Gasteiger partial charge in [-0.1, -0.05) is 60.4 Å². The number of nitrogens with zero attached hydrogens (tertiary/aromatic N) is 3. The predicted octanol–water partition coefficient (Wildman–Crippen LogP) is 8.30. The van der Waals surface area contributed by atoms with E-state index in [9.17, 15) is 23.2 Å². The van der Waals surface area contributed by atoms with E-state index in [0.717, 1.165) is 38.9 Å². The first kappa shape index (κ1) is 28.0. The van der Waals surface area contributed by atoms with Crippen LogP contribution < -0.4 is 10.6 Å². The molecule has 2 N–H and O–H groups in total. The highest BCUT2D eigenvalue weighted by molar-refractivity contribution is 9.10. The number of alkyl halides is 3. The van der Waals surface area contributed by atoms with Gasteiger partial charge in [0.1, 0.15) is 21.9 Å². The highest BCUT2D eigenvalue weighted by Crippen LogP contribution is 2.47. The number of halogens is 5. The van der Waals surface area contributed by atoms with Gasteiger partial charge in [0.15, 0.2) is 11.7 Å². The van der Waals surface area contributed by atoms with E-state index in [1.807, 2.05) is 0 Å². The summed E-state index contributed by atoms with van der Waals surface area (Å²) in [6, 6.07) is 6.51. The van der Waals surface area contributed by atoms with Crippen LogP contribution in [0.2, 0.25) is 5.02 Å². The maximum Gasteiger partial charge on any atom is 0.410 e. The summed E-state index contributed by atoms with van der Waals surface area (Å²) < 4.78 is 44.0. The molecule has 1 aliphatic carbocycles. The number of nitriles is 1. The third-order valence-electron chi connectivity index (χ3n) is 7.61. The number of rotatable bonds is 3. The summed E-state index contributed by atoms with van der Waals surface area (Å²) in [7, 11) is 0. The Bertz CT molecular complexity index is 1470. The molecule has 12 heteroatoms. The van der Waals surface area contributed by atoms with Gasteiger partial charge in [-0.3, -0.25) is 4.79 Å². The largest absolute Gasteiger partial charge is 0.410 e. The maximum atomic E-state index is 14.1. The second-order valence-corrected chi connectivity index (χ2v) is 13.5. The van der Waals surface area contributed by atoms with Crippen molar-refractivity contribution in [1.29, 1.82) is 5.26 Å². The van der Waals surface area contributed by atoms with Crippen molar-refractivity contribution < 1.29 is 18.0 Å². The first-order chi connectivity index (χ1) is 18.3. The second kappa shape index (κ2) is 10.1. The van der Waals surface area contributed by atoms with Crippen LogP contribution in [0.15, 0.2) is 28.7 Å². The predicted molar refractivity (Wildman–Crippen MR) is 149 cm³/mol. The van der Waals surface area contributed by atoms with Crippen molar-refractivity contribution >= 4 is 55.6 Å². The number of anilines is 2. The number of nitrogens with one attached hydrogen (secondary N) is 2. The zero-order valence-electron chi connectivity index (χ0n) is 21.4. The first-order valence-corrected chi connectivity index (χ1v) is 14.5. The van der Waals surface area contributed by atoms with Crippen LogP contribution in [0.3, 0.4) is 0 Å². The van der Waals surface area contributed by atoms with Gasteiger partial charge in [-0.25, -0.2) is 4.68 Å². The molecule has 0 radical (unpaired) electrons. The molecule has 3 heterocycles. The Kier molecular flexibility index (Phi) is 7.27. The van der Waals surface area contributed by atoms with E-state index >= 15 is 0 Å². The minimum absolute atomic E-state index is 0.0673. The number of hydrogen-bond acceptors (Lipinski definition) is 5.